The molecule has 6 heteroatoms. The van der Waals surface area contributed by atoms with Crippen molar-refractivity contribution in [2.45, 2.75) is 6.61 Å². The van der Waals surface area contributed by atoms with Crippen LogP contribution in [0.25, 0.3) is 6.08 Å². The Bertz CT molecular complexity index is 1120. The van der Waals surface area contributed by atoms with E-state index in [2.05, 4.69) is 0 Å². The summed E-state index contributed by atoms with van der Waals surface area (Å²) < 4.78 is 29.8. The van der Waals surface area contributed by atoms with Crippen LogP contribution in [0.3, 0.4) is 0 Å². The van der Waals surface area contributed by atoms with Crippen molar-refractivity contribution in [1.82, 2.24) is 0 Å². The zero-order valence-corrected chi connectivity index (χ0v) is 16.2. The lowest BCUT2D eigenvalue weighted by Crippen LogP contribution is -1.98. The maximum absolute atomic E-state index is 13.1. The molecule has 0 aliphatic carbocycles. The summed E-state index contributed by atoms with van der Waals surface area (Å²) in [6, 6.07) is 16.5. The highest BCUT2D eigenvalue weighted by Crippen LogP contribution is 2.35. The fraction of sp³-hybridized carbons (Fsp3) is 0.0870. The molecule has 0 radical (unpaired) electrons. The van der Waals surface area contributed by atoms with Gasteiger partial charge in [0.15, 0.2) is 5.76 Å². The second-order valence-electron chi connectivity index (χ2n) is 6.40. The van der Waals surface area contributed by atoms with Crippen molar-refractivity contribution < 1.29 is 23.4 Å². The van der Waals surface area contributed by atoms with Crippen LogP contribution >= 0.6 is 11.6 Å². The first kappa shape index (κ1) is 19.0. The van der Waals surface area contributed by atoms with E-state index in [4.69, 9.17) is 25.8 Å². The summed E-state index contributed by atoms with van der Waals surface area (Å²) in [5.74, 6) is 1.25. The van der Waals surface area contributed by atoms with Crippen molar-refractivity contribution in [3.63, 3.8) is 0 Å². The first-order valence-electron chi connectivity index (χ1n) is 8.82. The Morgan fingerprint density at radius 1 is 1.07 bits per heavy atom. The summed E-state index contributed by atoms with van der Waals surface area (Å²) in [6.07, 6.45) is 1.67. The first-order valence-corrected chi connectivity index (χ1v) is 9.20. The minimum absolute atomic E-state index is 0.165. The zero-order valence-electron chi connectivity index (χ0n) is 15.4. The Labute approximate surface area is 172 Å². The molecule has 4 rings (SSSR count). The van der Waals surface area contributed by atoms with E-state index in [0.29, 0.717) is 33.4 Å². The monoisotopic (exact) mass is 410 g/mol. The molecule has 0 unspecified atom stereocenters. The van der Waals surface area contributed by atoms with Crippen LogP contribution in [0.15, 0.2) is 66.4 Å². The molecular formula is C23H16ClFO4. The fourth-order valence-electron chi connectivity index (χ4n) is 2.94. The predicted octanol–water partition coefficient (Wildman–Crippen LogP) is 5.68. The van der Waals surface area contributed by atoms with Gasteiger partial charge in [0.25, 0.3) is 0 Å². The number of allylic oxidation sites excluding steroid dienone is 1. The summed E-state index contributed by atoms with van der Waals surface area (Å²) >= 11 is 6.02. The van der Waals surface area contributed by atoms with Gasteiger partial charge in [-0.25, -0.2) is 4.39 Å². The van der Waals surface area contributed by atoms with Crippen LogP contribution in [0, 0.1) is 5.82 Å². The van der Waals surface area contributed by atoms with Crippen molar-refractivity contribution in [2.75, 3.05) is 7.11 Å². The van der Waals surface area contributed by atoms with Crippen LogP contribution in [0.5, 0.6) is 17.2 Å². The van der Waals surface area contributed by atoms with E-state index in [-0.39, 0.29) is 18.1 Å². The molecule has 0 atom stereocenters. The number of rotatable bonds is 5. The molecule has 4 nitrogen and oxygen atoms in total. The van der Waals surface area contributed by atoms with E-state index in [1.54, 1.807) is 37.5 Å². The molecule has 1 aliphatic rings. The summed E-state index contributed by atoms with van der Waals surface area (Å²) in [7, 11) is 1.58. The predicted molar refractivity (Wildman–Crippen MR) is 108 cm³/mol. The third kappa shape index (κ3) is 4.10. The molecule has 1 heterocycles. The van der Waals surface area contributed by atoms with Gasteiger partial charge < -0.3 is 14.2 Å². The SMILES string of the molecule is COc1cccc(C=C2Oc3cc(OCc4ccc(F)cc4Cl)ccc3C2=O)c1. The number of carbonyl (C=O) groups is 1. The lowest BCUT2D eigenvalue weighted by Gasteiger charge is -2.08. The zero-order chi connectivity index (χ0) is 20.4. The Kier molecular flexibility index (Phi) is 5.23. The van der Waals surface area contributed by atoms with Gasteiger partial charge in [-0.15, -0.1) is 0 Å². The summed E-state index contributed by atoms with van der Waals surface area (Å²) in [5, 5.41) is 0.293. The largest absolute Gasteiger partial charge is 0.497 e. The number of ketones is 1. The minimum Gasteiger partial charge on any atom is -0.497 e. The molecule has 3 aromatic rings. The fourth-order valence-corrected chi connectivity index (χ4v) is 3.16. The molecule has 0 N–H and O–H groups in total. The summed E-state index contributed by atoms with van der Waals surface area (Å²) in [6.45, 7) is 0.165. The van der Waals surface area contributed by atoms with Gasteiger partial charge in [-0.2, -0.15) is 0 Å². The lowest BCUT2D eigenvalue weighted by molar-refractivity contribution is 0.101. The van der Waals surface area contributed by atoms with Crippen molar-refractivity contribution in [2.24, 2.45) is 0 Å². The summed E-state index contributed by atoms with van der Waals surface area (Å²) in [5.41, 5.74) is 1.92. The molecule has 0 spiro atoms. The smallest absolute Gasteiger partial charge is 0.231 e. The summed E-state index contributed by atoms with van der Waals surface area (Å²) in [4.78, 5) is 12.6. The number of halogens is 2. The average Bonchev–Trinajstić information content (AvgIpc) is 3.02. The number of benzene rings is 3. The lowest BCUT2D eigenvalue weighted by atomic mass is 10.1. The highest BCUT2D eigenvalue weighted by atomic mass is 35.5. The van der Waals surface area contributed by atoms with Gasteiger partial charge in [-0.3, -0.25) is 4.79 Å². The van der Waals surface area contributed by atoms with Crippen LogP contribution in [-0.2, 0) is 6.61 Å². The Morgan fingerprint density at radius 3 is 2.72 bits per heavy atom. The number of ether oxygens (including phenoxy) is 3. The number of fused-ring (bicyclic) bond motifs is 1. The Hall–Kier alpha value is -3.31. The van der Waals surface area contributed by atoms with E-state index >= 15 is 0 Å². The van der Waals surface area contributed by atoms with Gasteiger partial charge in [0, 0.05) is 11.6 Å². The molecule has 1 aliphatic heterocycles. The molecule has 29 heavy (non-hydrogen) atoms. The maximum atomic E-state index is 13.1. The second kappa shape index (κ2) is 7.97. The van der Waals surface area contributed by atoms with Crippen molar-refractivity contribution in [1.29, 1.82) is 0 Å². The molecule has 0 amide bonds. The maximum Gasteiger partial charge on any atom is 0.231 e. The van der Waals surface area contributed by atoms with Crippen LogP contribution in [0.1, 0.15) is 21.5 Å². The van der Waals surface area contributed by atoms with E-state index in [1.807, 2.05) is 24.3 Å². The molecule has 146 valence electrons. The number of hydrogen-bond donors (Lipinski definition) is 0. The second-order valence-corrected chi connectivity index (χ2v) is 6.81. The minimum atomic E-state index is -0.404. The topological polar surface area (TPSA) is 44.8 Å². The molecular weight excluding hydrogens is 395 g/mol. The van der Waals surface area contributed by atoms with E-state index < -0.39 is 5.82 Å². The number of carbonyl (C=O) groups excluding carboxylic acids is 1. The van der Waals surface area contributed by atoms with Gasteiger partial charge in [-0.1, -0.05) is 29.8 Å². The van der Waals surface area contributed by atoms with Gasteiger partial charge in [0.2, 0.25) is 5.78 Å². The van der Waals surface area contributed by atoms with Gasteiger partial charge in [-0.05, 0) is 48.0 Å². The highest BCUT2D eigenvalue weighted by molar-refractivity contribution is 6.31. The van der Waals surface area contributed by atoms with Crippen LogP contribution in [0.4, 0.5) is 4.39 Å². The van der Waals surface area contributed by atoms with Gasteiger partial charge in [0.05, 0.1) is 17.7 Å². The van der Waals surface area contributed by atoms with Gasteiger partial charge in [0.1, 0.15) is 29.7 Å². The molecule has 3 aromatic carbocycles. The molecule has 0 aromatic heterocycles. The molecule has 0 saturated heterocycles. The molecule has 0 saturated carbocycles. The van der Waals surface area contributed by atoms with Crippen LogP contribution in [0.2, 0.25) is 5.02 Å². The van der Waals surface area contributed by atoms with Gasteiger partial charge >= 0.3 is 0 Å². The van der Waals surface area contributed by atoms with E-state index in [1.165, 1.54) is 12.1 Å². The number of hydrogen-bond acceptors (Lipinski definition) is 4. The quantitative estimate of drug-likeness (QED) is 0.507. The van der Waals surface area contributed by atoms with E-state index in [9.17, 15) is 9.18 Å². The standard InChI is InChI=1S/C23H16ClFO4/c1-27-17-4-2-3-14(9-17)10-22-23(26)19-8-7-18(12-21(19)29-22)28-13-15-5-6-16(25)11-20(15)24/h2-12H,13H2,1H3. The van der Waals surface area contributed by atoms with Crippen molar-refractivity contribution in [3.8, 4) is 17.2 Å². The third-order valence-electron chi connectivity index (χ3n) is 4.44. The van der Waals surface area contributed by atoms with Crippen LogP contribution < -0.4 is 14.2 Å². The third-order valence-corrected chi connectivity index (χ3v) is 4.79. The molecule has 0 bridgehead atoms. The first-order chi connectivity index (χ1) is 14.0. The average molecular weight is 411 g/mol. The van der Waals surface area contributed by atoms with E-state index in [0.717, 1.165) is 5.56 Å². The Balaban J connectivity index is 1.51. The number of methoxy groups -OCH3 is 1. The van der Waals surface area contributed by atoms with Crippen molar-refractivity contribution in [3.05, 3.63) is 94.0 Å². The molecule has 0 fully saturated rings. The van der Waals surface area contributed by atoms with Crippen molar-refractivity contribution >= 4 is 23.5 Å². The van der Waals surface area contributed by atoms with Crippen LogP contribution in [-0.4, -0.2) is 12.9 Å². The Morgan fingerprint density at radius 2 is 1.93 bits per heavy atom. The number of Topliss-reactive ketones (excluding diaryl/α,β-unsaturated/α-hetero) is 1. The highest BCUT2D eigenvalue weighted by Gasteiger charge is 2.27. The normalized spacial score (nSPS) is 13.9.